The van der Waals surface area contributed by atoms with Crippen LogP contribution in [-0.2, 0) is 17.7 Å². The maximum absolute atomic E-state index is 6.21. The topological polar surface area (TPSA) is 27.1 Å². The van der Waals surface area contributed by atoms with Crippen molar-refractivity contribution in [3.8, 4) is 0 Å². The molecule has 0 saturated carbocycles. The molecule has 2 aromatic rings. The summed E-state index contributed by atoms with van der Waals surface area (Å²) in [6, 6.07) is 8.13. The van der Waals surface area contributed by atoms with Crippen molar-refractivity contribution >= 4 is 11.6 Å². The smallest absolute Gasteiger partial charge is 0.0946 e. The van der Waals surface area contributed by atoms with Gasteiger partial charge in [-0.15, -0.1) is 0 Å². The van der Waals surface area contributed by atoms with Crippen LogP contribution in [0.5, 0.6) is 0 Å². The van der Waals surface area contributed by atoms with Crippen molar-refractivity contribution in [3.63, 3.8) is 0 Å². The van der Waals surface area contributed by atoms with Crippen molar-refractivity contribution in [2.24, 2.45) is 0 Å². The van der Waals surface area contributed by atoms with Crippen LogP contribution in [-0.4, -0.2) is 22.3 Å². The predicted octanol–water partition coefficient (Wildman–Crippen LogP) is 6.31. The van der Waals surface area contributed by atoms with Gasteiger partial charge >= 0.3 is 0 Å². The summed E-state index contributed by atoms with van der Waals surface area (Å²) in [5.41, 5.74) is 1.31. The second-order valence-corrected chi connectivity index (χ2v) is 7.48. The van der Waals surface area contributed by atoms with Gasteiger partial charge in [0.05, 0.1) is 12.4 Å². The Morgan fingerprint density at radius 3 is 2.46 bits per heavy atom. The molecule has 2 rings (SSSR count). The third-order valence-corrected chi connectivity index (χ3v) is 5.00. The molecule has 3 nitrogen and oxygen atoms in total. The fourth-order valence-electron chi connectivity index (χ4n) is 3.15. The normalized spacial score (nSPS) is 12.4. The first-order valence-electron chi connectivity index (χ1n) is 10.1. The van der Waals surface area contributed by atoms with Crippen LogP contribution in [0.2, 0.25) is 5.02 Å². The van der Waals surface area contributed by atoms with Crippen LogP contribution in [0.1, 0.15) is 63.9 Å². The number of aromatic nitrogens is 2. The molecule has 0 amide bonds. The SMILES string of the molecule is CCCCCCCCCOC(CCc1ccc(Cl)cc1)Cn1ccnc1. The zero-order chi connectivity index (χ0) is 18.5. The van der Waals surface area contributed by atoms with Crippen LogP contribution in [0.25, 0.3) is 0 Å². The van der Waals surface area contributed by atoms with E-state index in [9.17, 15) is 0 Å². The van der Waals surface area contributed by atoms with E-state index in [1.165, 1.54) is 44.1 Å². The molecule has 0 radical (unpaired) electrons. The quantitative estimate of drug-likeness (QED) is 0.361. The zero-order valence-electron chi connectivity index (χ0n) is 16.1. The van der Waals surface area contributed by atoms with Crippen molar-refractivity contribution in [1.29, 1.82) is 0 Å². The van der Waals surface area contributed by atoms with E-state index in [0.717, 1.165) is 37.4 Å². The van der Waals surface area contributed by atoms with E-state index in [2.05, 4.69) is 28.6 Å². The predicted molar refractivity (Wildman–Crippen MR) is 110 cm³/mol. The van der Waals surface area contributed by atoms with E-state index in [-0.39, 0.29) is 6.10 Å². The fourth-order valence-corrected chi connectivity index (χ4v) is 3.27. The van der Waals surface area contributed by atoms with Crippen LogP contribution in [0.15, 0.2) is 43.0 Å². The summed E-state index contributed by atoms with van der Waals surface area (Å²) in [5.74, 6) is 0. The number of rotatable bonds is 14. The second-order valence-electron chi connectivity index (χ2n) is 7.04. The number of nitrogens with zero attached hydrogens (tertiary/aromatic N) is 2. The van der Waals surface area contributed by atoms with E-state index in [1.807, 2.05) is 30.9 Å². The fraction of sp³-hybridized carbons (Fsp3) is 0.591. The Morgan fingerprint density at radius 2 is 1.77 bits per heavy atom. The van der Waals surface area contributed by atoms with Crippen molar-refractivity contribution in [2.75, 3.05) is 6.61 Å². The summed E-state index contributed by atoms with van der Waals surface area (Å²) in [6.45, 7) is 3.98. The van der Waals surface area contributed by atoms with Crippen molar-refractivity contribution in [2.45, 2.75) is 77.4 Å². The molecule has 26 heavy (non-hydrogen) atoms. The van der Waals surface area contributed by atoms with Gasteiger partial charge in [-0.05, 0) is 37.0 Å². The Balaban J connectivity index is 1.70. The number of hydrogen-bond donors (Lipinski definition) is 0. The number of halogens is 1. The molecule has 0 aliphatic carbocycles. The minimum atomic E-state index is 0.222. The van der Waals surface area contributed by atoms with E-state index in [0.29, 0.717) is 0 Å². The summed E-state index contributed by atoms with van der Waals surface area (Å²) in [6.07, 6.45) is 17.1. The van der Waals surface area contributed by atoms with E-state index in [4.69, 9.17) is 16.3 Å². The number of unbranched alkanes of at least 4 members (excludes halogenated alkanes) is 6. The Morgan fingerprint density at radius 1 is 1.04 bits per heavy atom. The van der Waals surface area contributed by atoms with Gasteiger partial charge in [-0.1, -0.05) is 69.2 Å². The van der Waals surface area contributed by atoms with Gasteiger partial charge in [0, 0.05) is 30.6 Å². The minimum absolute atomic E-state index is 0.222. The molecular weight excluding hydrogens is 344 g/mol. The van der Waals surface area contributed by atoms with Crippen molar-refractivity contribution < 1.29 is 4.74 Å². The highest BCUT2D eigenvalue weighted by atomic mass is 35.5. The van der Waals surface area contributed by atoms with Gasteiger partial charge in [0.2, 0.25) is 0 Å². The Kier molecular flexibility index (Phi) is 10.4. The minimum Gasteiger partial charge on any atom is -0.376 e. The molecule has 0 spiro atoms. The maximum Gasteiger partial charge on any atom is 0.0946 e. The molecule has 1 heterocycles. The summed E-state index contributed by atoms with van der Waals surface area (Å²) < 4.78 is 8.32. The summed E-state index contributed by atoms with van der Waals surface area (Å²) in [7, 11) is 0. The standard InChI is InChI=1S/C22H33ClN2O/c1-2-3-4-5-6-7-8-17-26-22(18-25-16-15-24-19-25)14-11-20-9-12-21(23)13-10-20/h9-10,12-13,15-16,19,22H,2-8,11,14,17-18H2,1H3. The number of ether oxygens (including phenoxy) is 1. The Hall–Kier alpha value is -1.32. The molecular formula is C22H33ClN2O. The molecule has 0 aliphatic heterocycles. The number of hydrogen-bond acceptors (Lipinski definition) is 2. The van der Waals surface area contributed by atoms with Crippen LogP contribution in [0.4, 0.5) is 0 Å². The molecule has 0 bridgehead atoms. The van der Waals surface area contributed by atoms with Crippen LogP contribution < -0.4 is 0 Å². The average molecular weight is 377 g/mol. The summed E-state index contributed by atoms with van der Waals surface area (Å²) in [4.78, 5) is 4.14. The van der Waals surface area contributed by atoms with Crippen LogP contribution in [0.3, 0.4) is 0 Å². The van der Waals surface area contributed by atoms with E-state index >= 15 is 0 Å². The van der Waals surface area contributed by atoms with Gasteiger partial charge in [-0.25, -0.2) is 4.98 Å². The van der Waals surface area contributed by atoms with E-state index in [1.54, 1.807) is 0 Å². The van der Waals surface area contributed by atoms with Gasteiger partial charge in [0.1, 0.15) is 0 Å². The van der Waals surface area contributed by atoms with Crippen molar-refractivity contribution in [3.05, 3.63) is 53.6 Å². The van der Waals surface area contributed by atoms with Crippen LogP contribution in [0, 0.1) is 0 Å². The first kappa shape index (κ1) is 21.0. The molecule has 1 atom stereocenters. The lowest BCUT2D eigenvalue weighted by molar-refractivity contribution is 0.0336. The molecule has 0 aliphatic rings. The molecule has 1 aromatic carbocycles. The molecule has 0 N–H and O–H groups in total. The van der Waals surface area contributed by atoms with Crippen molar-refractivity contribution in [1.82, 2.24) is 9.55 Å². The highest BCUT2D eigenvalue weighted by Gasteiger charge is 2.10. The molecule has 1 unspecified atom stereocenters. The lowest BCUT2D eigenvalue weighted by Gasteiger charge is -2.19. The maximum atomic E-state index is 6.21. The highest BCUT2D eigenvalue weighted by molar-refractivity contribution is 6.30. The number of benzene rings is 1. The average Bonchev–Trinajstić information content (AvgIpc) is 3.16. The lowest BCUT2D eigenvalue weighted by Crippen LogP contribution is -2.21. The first-order chi connectivity index (χ1) is 12.8. The summed E-state index contributed by atoms with van der Waals surface area (Å²) >= 11 is 5.97. The largest absolute Gasteiger partial charge is 0.376 e. The third-order valence-electron chi connectivity index (χ3n) is 4.74. The Bertz CT molecular complexity index is 568. The highest BCUT2D eigenvalue weighted by Crippen LogP contribution is 2.14. The molecule has 1 aromatic heterocycles. The van der Waals surface area contributed by atoms with E-state index < -0.39 is 0 Å². The lowest BCUT2D eigenvalue weighted by atomic mass is 10.1. The molecule has 4 heteroatoms. The van der Waals surface area contributed by atoms with Gasteiger partial charge in [-0.2, -0.15) is 0 Å². The third kappa shape index (κ3) is 8.86. The zero-order valence-corrected chi connectivity index (χ0v) is 16.8. The number of aryl methyl sites for hydroxylation is 1. The monoisotopic (exact) mass is 376 g/mol. The van der Waals surface area contributed by atoms with Crippen LogP contribution >= 0.6 is 11.6 Å². The van der Waals surface area contributed by atoms with Gasteiger partial charge in [-0.3, -0.25) is 0 Å². The molecule has 0 fully saturated rings. The number of imidazole rings is 1. The molecule has 144 valence electrons. The molecule has 0 saturated heterocycles. The van der Waals surface area contributed by atoms with Gasteiger partial charge in [0.15, 0.2) is 0 Å². The van der Waals surface area contributed by atoms with Gasteiger partial charge < -0.3 is 9.30 Å². The Labute approximate surface area is 163 Å². The summed E-state index contributed by atoms with van der Waals surface area (Å²) in [5, 5.41) is 0.791. The van der Waals surface area contributed by atoms with Gasteiger partial charge in [0.25, 0.3) is 0 Å². The second kappa shape index (κ2) is 12.9. The first-order valence-corrected chi connectivity index (χ1v) is 10.5.